The predicted molar refractivity (Wildman–Crippen MR) is 73.6 cm³/mol. The first-order chi connectivity index (χ1) is 8.65. The monoisotopic (exact) mass is 246 g/mol. The van der Waals surface area contributed by atoms with Gasteiger partial charge in [-0.1, -0.05) is 24.6 Å². The highest BCUT2D eigenvalue weighted by Gasteiger charge is 2.10. The van der Waals surface area contributed by atoms with E-state index in [0.29, 0.717) is 13.0 Å². The second kappa shape index (κ2) is 7.73. The average molecular weight is 246 g/mol. The van der Waals surface area contributed by atoms with Gasteiger partial charge in [-0.15, -0.1) is 0 Å². The van der Waals surface area contributed by atoms with Crippen molar-refractivity contribution in [3.63, 3.8) is 0 Å². The zero-order valence-corrected chi connectivity index (χ0v) is 11.4. The lowest BCUT2D eigenvalue weighted by Crippen LogP contribution is -2.39. The molecule has 0 heterocycles. The quantitative estimate of drug-likeness (QED) is 0.804. The number of aryl methyl sites for hydroxylation is 1. The van der Waals surface area contributed by atoms with Crippen molar-refractivity contribution in [2.24, 2.45) is 0 Å². The number of benzene rings is 1. The fourth-order valence-electron chi connectivity index (χ4n) is 1.74. The molecule has 0 bridgehead atoms. The van der Waals surface area contributed by atoms with Crippen molar-refractivity contribution in [1.82, 2.24) is 5.32 Å². The lowest BCUT2D eigenvalue weighted by molar-refractivity contribution is 0.259. The third-order valence-corrected chi connectivity index (χ3v) is 2.87. The Kier molecular flexibility index (Phi) is 6.24. The Morgan fingerprint density at radius 2 is 2.00 bits per heavy atom. The summed E-state index contributed by atoms with van der Waals surface area (Å²) in [5.41, 5.74) is 1.23. The maximum atomic E-state index is 8.69. The molecule has 18 heavy (non-hydrogen) atoms. The first-order valence-corrected chi connectivity index (χ1v) is 6.48. The molecule has 3 nitrogen and oxygen atoms in total. The van der Waals surface area contributed by atoms with Crippen LogP contribution in [0.2, 0.25) is 0 Å². The van der Waals surface area contributed by atoms with Crippen LogP contribution in [-0.4, -0.2) is 18.7 Å². The largest absolute Gasteiger partial charge is 0.492 e. The Morgan fingerprint density at radius 3 is 2.56 bits per heavy atom. The number of ether oxygens (including phenoxy) is 1. The molecule has 0 fully saturated rings. The number of nitriles is 1. The van der Waals surface area contributed by atoms with Gasteiger partial charge in [-0.05, 0) is 32.4 Å². The zero-order chi connectivity index (χ0) is 13.4. The molecular formula is C15H22N2O. The highest BCUT2D eigenvalue weighted by Crippen LogP contribution is 2.11. The Bertz CT molecular complexity index is 380. The van der Waals surface area contributed by atoms with Gasteiger partial charge in [0.2, 0.25) is 0 Å². The molecule has 0 radical (unpaired) electrons. The normalized spacial score (nSPS) is 13.7. The van der Waals surface area contributed by atoms with Crippen molar-refractivity contribution < 1.29 is 4.74 Å². The number of hydrogen-bond acceptors (Lipinski definition) is 3. The average Bonchev–Trinajstić information content (AvgIpc) is 2.37. The maximum absolute atomic E-state index is 8.69. The summed E-state index contributed by atoms with van der Waals surface area (Å²) in [6, 6.07) is 10.7. The lowest BCUT2D eigenvalue weighted by Gasteiger charge is -2.20. The summed E-state index contributed by atoms with van der Waals surface area (Å²) in [4.78, 5) is 0. The van der Waals surface area contributed by atoms with Crippen molar-refractivity contribution in [1.29, 1.82) is 5.26 Å². The molecular weight excluding hydrogens is 224 g/mol. The van der Waals surface area contributed by atoms with Gasteiger partial charge in [0.1, 0.15) is 12.4 Å². The summed E-state index contributed by atoms with van der Waals surface area (Å²) in [5.74, 6) is 0.891. The molecule has 0 amide bonds. The zero-order valence-electron chi connectivity index (χ0n) is 11.4. The molecule has 0 aliphatic heterocycles. The maximum Gasteiger partial charge on any atom is 0.119 e. The number of hydrogen-bond donors (Lipinski definition) is 1. The van der Waals surface area contributed by atoms with E-state index < -0.39 is 0 Å². The minimum absolute atomic E-state index is 0.240. The van der Waals surface area contributed by atoms with Gasteiger partial charge in [-0.3, -0.25) is 0 Å². The van der Waals surface area contributed by atoms with Crippen LogP contribution in [0.25, 0.3) is 0 Å². The van der Waals surface area contributed by atoms with Crippen molar-refractivity contribution in [3.8, 4) is 11.8 Å². The van der Waals surface area contributed by atoms with E-state index >= 15 is 0 Å². The molecule has 1 aromatic carbocycles. The molecule has 3 heteroatoms. The Morgan fingerprint density at radius 1 is 1.33 bits per heavy atom. The van der Waals surface area contributed by atoms with Crippen LogP contribution in [0.15, 0.2) is 24.3 Å². The molecule has 0 aromatic heterocycles. The summed E-state index contributed by atoms with van der Waals surface area (Å²) < 4.78 is 5.70. The standard InChI is InChI=1S/C15H22N2O/c1-4-14(9-10-16)17-13(3)11-18-15-7-5-12(2)6-8-15/h5-8,13-14,17H,4,9,11H2,1-3H3. The van der Waals surface area contributed by atoms with E-state index in [0.717, 1.165) is 12.2 Å². The molecule has 1 N–H and O–H groups in total. The van der Waals surface area contributed by atoms with Gasteiger partial charge in [-0.25, -0.2) is 0 Å². The highest BCUT2D eigenvalue weighted by molar-refractivity contribution is 5.26. The number of nitrogens with one attached hydrogen (secondary N) is 1. The smallest absolute Gasteiger partial charge is 0.119 e. The van der Waals surface area contributed by atoms with Gasteiger partial charge in [0.15, 0.2) is 0 Å². The van der Waals surface area contributed by atoms with Crippen LogP contribution in [0.5, 0.6) is 5.75 Å². The first kappa shape index (κ1) is 14.5. The Hall–Kier alpha value is -1.53. The summed E-state index contributed by atoms with van der Waals surface area (Å²) >= 11 is 0. The molecule has 0 saturated heterocycles. The minimum atomic E-state index is 0.240. The highest BCUT2D eigenvalue weighted by atomic mass is 16.5. The SMILES string of the molecule is CCC(CC#N)NC(C)COc1ccc(C)cc1. The third kappa shape index (κ3) is 5.20. The lowest BCUT2D eigenvalue weighted by atomic mass is 10.1. The fourth-order valence-corrected chi connectivity index (χ4v) is 1.74. The molecule has 0 aliphatic rings. The molecule has 0 aliphatic carbocycles. The van der Waals surface area contributed by atoms with E-state index in [1.54, 1.807) is 0 Å². The van der Waals surface area contributed by atoms with Gasteiger partial charge < -0.3 is 10.1 Å². The molecule has 98 valence electrons. The molecule has 2 unspecified atom stereocenters. The van der Waals surface area contributed by atoms with Crippen LogP contribution < -0.4 is 10.1 Å². The summed E-state index contributed by atoms with van der Waals surface area (Å²) in [6.07, 6.45) is 1.51. The van der Waals surface area contributed by atoms with E-state index in [1.165, 1.54) is 5.56 Å². The van der Waals surface area contributed by atoms with Crippen LogP contribution in [-0.2, 0) is 0 Å². The van der Waals surface area contributed by atoms with Gasteiger partial charge in [0, 0.05) is 12.1 Å². The summed E-state index contributed by atoms with van der Waals surface area (Å²) in [7, 11) is 0. The van der Waals surface area contributed by atoms with E-state index in [2.05, 4.69) is 32.2 Å². The second-order valence-corrected chi connectivity index (χ2v) is 4.66. The topological polar surface area (TPSA) is 45.0 Å². The summed E-state index contributed by atoms with van der Waals surface area (Å²) in [5, 5.41) is 12.1. The molecule has 0 spiro atoms. The third-order valence-electron chi connectivity index (χ3n) is 2.87. The van der Waals surface area contributed by atoms with Gasteiger partial charge in [-0.2, -0.15) is 5.26 Å². The van der Waals surface area contributed by atoms with Crippen LogP contribution >= 0.6 is 0 Å². The molecule has 1 rings (SSSR count). The van der Waals surface area contributed by atoms with E-state index in [-0.39, 0.29) is 12.1 Å². The van der Waals surface area contributed by atoms with E-state index in [1.807, 2.05) is 24.3 Å². The van der Waals surface area contributed by atoms with E-state index in [4.69, 9.17) is 10.00 Å². The Labute approximate surface area is 110 Å². The molecule has 0 saturated carbocycles. The minimum Gasteiger partial charge on any atom is -0.492 e. The van der Waals surface area contributed by atoms with Crippen molar-refractivity contribution in [2.75, 3.05) is 6.61 Å². The van der Waals surface area contributed by atoms with Crippen LogP contribution in [0.4, 0.5) is 0 Å². The number of nitrogens with zero attached hydrogens (tertiary/aromatic N) is 1. The van der Waals surface area contributed by atoms with Gasteiger partial charge in [0.25, 0.3) is 0 Å². The van der Waals surface area contributed by atoms with Crippen molar-refractivity contribution >= 4 is 0 Å². The fraction of sp³-hybridized carbons (Fsp3) is 0.533. The number of rotatable bonds is 7. The molecule has 2 atom stereocenters. The van der Waals surface area contributed by atoms with Gasteiger partial charge in [0.05, 0.1) is 12.5 Å². The van der Waals surface area contributed by atoms with E-state index in [9.17, 15) is 0 Å². The van der Waals surface area contributed by atoms with Crippen molar-refractivity contribution in [2.45, 2.75) is 45.7 Å². The first-order valence-electron chi connectivity index (χ1n) is 6.48. The van der Waals surface area contributed by atoms with Crippen molar-refractivity contribution in [3.05, 3.63) is 29.8 Å². The van der Waals surface area contributed by atoms with Crippen LogP contribution in [0.3, 0.4) is 0 Å². The predicted octanol–water partition coefficient (Wildman–Crippen LogP) is 3.04. The van der Waals surface area contributed by atoms with Gasteiger partial charge >= 0.3 is 0 Å². The molecule has 1 aromatic rings. The van der Waals surface area contributed by atoms with Crippen LogP contribution in [0, 0.1) is 18.3 Å². The van der Waals surface area contributed by atoms with Crippen LogP contribution in [0.1, 0.15) is 32.3 Å². The summed E-state index contributed by atoms with van der Waals surface area (Å²) in [6.45, 7) is 6.84. The Balaban J connectivity index is 2.34. The second-order valence-electron chi connectivity index (χ2n) is 4.66.